The highest BCUT2D eigenvalue weighted by Gasteiger charge is 2.29. The van der Waals surface area contributed by atoms with Crippen LogP contribution in [0.3, 0.4) is 0 Å². The van der Waals surface area contributed by atoms with E-state index in [4.69, 9.17) is 4.74 Å². The van der Waals surface area contributed by atoms with Gasteiger partial charge in [-0.2, -0.15) is 0 Å². The van der Waals surface area contributed by atoms with Crippen LogP contribution in [0.1, 0.15) is 42.6 Å². The quantitative estimate of drug-likeness (QED) is 0.697. The number of hydrogen-bond donors (Lipinski definition) is 1. The maximum Gasteiger partial charge on any atom is 0.257 e. The van der Waals surface area contributed by atoms with Crippen LogP contribution in [-0.2, 0) is 11.4 Å². The van der Waals surface area contributed by atoms with Crippen LogP contribution in [0.15, 0.2) is 53.0 Å². The Balaban J connectivity index is 1.63. The van der Waals surface area contributed by atoms with E-state index >= 15 is 0 Å². The van der Waals surface area contributed by atoms with E-state index in [1.54, 1.807) is 6.07 Å². The van der Waals surface area contributed by atoms with Crippen molar-refractivity contribution in [1.82, 2.24) is 10.2 Å². The number of nitrogens with zero attached hydrogens (tertiary/aromatic N) is 1. The maximum atomic E-state index is 13.1. The number of carbonyl (C=O) groups is 2. The molecular formula is C23H27BrN2O3. The Bertz CT molecular complexity index is 861. The molecule has 2 amide bonds. The summed E-state index contributed by atoms with van der Waals surface area (Å²) >= 11 is 3.52. The number of benzene rings is 2. The largest absolute Gasteiger partial charge is 0.488 e. The maximum absolute atomic E-state index is 13.1. The number of carbonyl (C=O) groups excluding carboxylic acids is 2. The van der Waals surface area contributed by atoms with E-state index < -0.39 is 0 Å². The number of hydrogen-bond acceptors (Lipinski definition) is 3. The number of amides is 2. The van der Waals surface area contributed by atoms with Crippen molar-refractivity contribution in [3.63, 3.8) is 0 Å². The molecule has 1 fully saturated rings. The number of para-hydroxylation sites is 1. The molecule has 0 unspecified atom stereocenters. The molecule has 0 atom stereocenters. The standard InChI is InChI=1S/C23H27BrN2O3/c1-16(2)25-22(27)17-11-13-26(14-12-17)23(28)19-8-4-6-10-21(19)29-15-18-7-3-5-9-20(18)24/h3-10,16-17H,11-15H2,1-2H3,(H,25,27). The molecule has 1 heterocycles. The Kier molecular flexibility index (Phi) is 7.31. The molecule has 0 aliphatic carbocycles. The van der Waals surface area contributed by atoms with Crippen molar-refractivity contribution in [2.45, 2.75) is 39.3 Å². The van der Waals surface area contributed by atoms with E-state index in [1.165, 1.54) is 0 Å². The first-order valence-electron chi connectivity index (χ1n) is 10.0. The van der Waals surface area contributed by atoms with Gasteiger partial charge in [-0.15, -0.1) is 0 Å². The normalized spacial score (nSPS) is 14.7. The van der Waals surface area contributed by atoms with Gasteiger partial charge < -0.3 is 15.0 Å². The minimum atomic E-state index is -0.0459. The second-order valence-corrected chi connectivity index (χ2v) is 8.46. The lowest BCUT2D eigenvalue weighted by Crippen LogP contribution is -2.44. The molecule has 1 saturated heterocycles. The Morgan fingerprint density at radius 2 is 1.76 bits per heavy atom. The zero-order valence-electron chi connectivity index (χ0n) is 16.9. The van der Waals surface area contributed by atoms with Crippen molar-refractivity contribution in [3.8, 4) is 5.75 Å². The third-order valence-corrected chi connectivity index (χ3v) is 5.82. The first kappa shape index (κ1) is 21.4. The molecular weight excluding hydrogens is 432 g/mol. The first-order valence-corrected chi connectivity index (χ1v) is 10.8. The van der Waals surface area contributed by atoms with Crippen LogP contribution in [0.2, 0.25) is 0 Å². The molecule has 0 spiro atoms. The average Bonchev–Trinajstić information content (AvgIpc) is 2.72. The number of nitrogens with one attached hydrogen (secondary N) is 1. The van der Waals surface area contributed by atoms with Crippen LogP contribution in [0, 0.1) is 5.92 Å². The van der Waals surface area contributed by atoms with Gasteiger partial charge in [0.05, 0.1) is 5.56 Å². The van der Waals surface area contributed by atoms with Crippen molar-refractivity contribution >= 4 is 27.7 Å². The minimum Gasteiger partial charge on any atom is -0.488 e. The lowest BCUT2D eigenvalue weighted by molar-refractivity contribution is -0.126. The van der Waals surface area contributed by atoms with Crippen molar-refractivity contribution in [1.29, 1.82) is 0 Å². The summed E-state index contributed by atoms with van der Waals surface area (Å²) in [4.78, 5) is 27.1. The summed E-state index contributed by atoms with van der Waals surface area (Å²) in [6.07, 6.45) is 1.37. The summed E-state index contributed by atoms with van der Waals surface area (Å²) in [6, 6.07) is 15.3. The number of rotatable bonds is 6. The topological polar surface area (TPSA) is 58.6 Å². The second-order valence-electron chi connectivity index (χ2n) is 7.61. The molecule has 0 saturated carbocycles. The first-order chi connectivity index (χ1) is 14.0. The van der Waals surface area contributed by atoms with Gasteiger partial charge in [0.1, 0.15) is 12.4 Å². The van der Waals surface area contributed by atoms with Gasteiger partial charge in [0, 0.05) is 35.1 Å². The van der Waals surface area contributed by atoms with Crippen LogP contribution < -0.4 is 10.1 Å². The average molecular weight is 459 g/mol. The highest BCUT2D eigenvalue weighted by molar-refractivity contribution is 9.10. The Morgan fingerprint density at radius 3 is 2.45 bits per heavy atom. The van der Waals surface area contributed by atoms with Crippen LogP contribution in [0.5, 0.6) is 5.75 Å². The fourth-order valence-corrected chi connectivity index (χ4v) is 3.86. The van der Waals surface area contributed by atoms with Crippen LogP contribution in [0.25, 0.3) is 0 Å². The van der Waals surface area contributed by atoms with E-state index in [-0.39, 0.29) is 23.8 Å². The second kappa shape index (κ2) is 9.92. The zero-order chi connectivity index (χ0) is 20.8. The molecule has 1 aliphatic heterocycles. The number of halogens is 1. The molecule has 1 aliphatic rings. The molecule has 5 nitrogen and oxygen atoms in total. The minimum absolute atomic E-state index is 0.0247. The van der Waals surface area contributed by atoms with E-state index in [0.29, 0.717) is 43.9 Å². The molecule has 0 bridgehead atoms. The number of ether oxygens (including phenoxy) is 1. The van der Waals surface area contributed by atoms with E-state index in [0.717, 1.165) is 10.0 Å². The lowest BCUT2D eigenvalue weighted by atomic mass is 9.95. The highest BCUT2D eigenvalue weighted by Crippen LogP contribution is 2.26. The molecule has 6 heteroatoms. The van der Waals surface area contributed by atoms with Gasteiger partial charge in [0.15, 0.2) is 0 Å². The summed E-state index contributed by atoms with van der Waals surface area (Å²) in [5.41, 5.74) is 1.58. The van der Waals surface area contributed by atoms with Crippen molar-refractivity contribution < 1.29 is 14.3 Å². The van der Waals surface area contributed by atoms with Crippen molar-refractivity contribution in [2.75, 3.05) is 13.1 Å². The van der Waals surface area contributed by atoms with Gasteiger partial charge in [-0.3, -0.25) is 9.59 Å². The predicted octanol–water partition coefficient (Wildman–Crippen LogP) is 4.40. The van der Waals surface area contributed by atoms with Gasteiger partial charge in [-0.1, -0.05) is 46.3 Å². The molecule has 1 N–H and O–H groups in total. The third-order valence-electron chi connectivity index (χ3n) is 5.04. The summed E-state index contributed by atoms with van der Waals surface area (Å²) in [6.45, 7) is 5.45. The molecule has 154 valence electrons. The van der Waals surface area contributed by atoms with Gasteiger partial charge >= 0.3 is 0 Å². The van der Waals surface area contributed by atoms with Crippen LogP contribution in [0.4, 0.5) is 0 Å². The fourth-order valence-electron chi connectivity index (χ4n) is 3.46. The van der Waals surface area contributed by atoms with Crippen LogP contribution in [-0.4, -0.2) is 35.8 Å². The zero-order valence-corrected chi connectivity index (χ0v) is 18.4. The van der Waals surface area contributed by atoms with Gasteiger partial charge in [-0.05, 0) is 44.9 Å². The fraction of sp³-hybridized carbons (Fsp3) is 0.391. The highest BCUT2D eigenvalue weighted by atomic mass is 79.9. The van der Waals surface area contributed by atoms with E-state index in [1.807, 2.05) is 61.2 Å². The molecule has 3 rings (SSSR count). The molecule has 2 aromatic rings. The van der Waals surface area contributed by atoms with E-state index in [2.05, 4.69) is 21.2 Å². The van der Waals surface area contributed by atoms with Gasteiger partial charge in [-0.25, -0.2) is 0 Å². The molecule has 2 aromatic carbocycles. The number of likely N-dealkylation sites (tertiary alicyclic amines) is 1. The van der Waals surface area contributed by atoms with Gasteiger partial charge in [0.25, 0.3) is 5.91 Å². The van der Waals surface area contributed by atoms with E-state index in [9.17, 15) is 9.59 Å². The monoisotopic (exact) mass is 458 g/mol. The summed E-state index contributed by atoms with van der Waals surface area (Å²) < 4.78 is 6.95. The molecule has 0 aromatic heterocycles. The summed E-state index contributed by atoms with van der Waals surface area (Å²) in [5, 5.41) is 2.97. The summed E-state index contributed by atoms with van der Waals surface area (Å²) in [7, 11) is 0. The Labute approximate surface area is 180 Å². The predicted molar refractivity (Wildman–Crippen MR) is 117 cm³/mol. The van der Waals surface area contributed by atoms with Crippen molar-refractivity contribution in [3.05, 3.63) is 64.1 Å². The van der Waals surface area contributed by atoms with Gasteiger partial charge in [0.2, 0.25) is 5.91 Å². The molecule has 0 radical (unpaired) electrons. The number of piperidine rings is 1. The Hall–Kier alpha value is -2.34. The summed E-state index contributed by atoms with van der Waals surface area (Å²) in [5.74, 6) is 0.594. The molecule has 29 heavy (non-hydrogen) atoms. The Morgan fingerprint density at radius 1 is 1.10 bits per heavy atom. The SMILES string of the molecule is CC(C)NC(=O)C1CCN(C(=O)c2ccccc2OCc2ccccc2Br)CC1. The third kappa shape index (κ3) is 5.60. The smallest absolute Gasteiger partial charge is 0.257 e. The van der Waals surface area contributed by atoms with Crippen LogP contribution >= 0.6 is 15.9 Å². The lowest BCUT2D eigenvalue weighted by Gasteiger charge is -2.32. The van der Waals surface area contributed by atoms with Crippen molar-refractivity contribution in [2.24, 2.45) is 5.92 Å².